The van der Waals surface area contributed by atoms with E-state index in [1.54, 1.807) is 0 Å². The molecule has 0 fully saturated rings. The Kier molecular flexibility index (Phi) is 4.30. The Bertz CT molecular complexity index is 290. The summed E-state index contributed by atoms with van der Waals surface area (Å²) in [6, 6.07) is 9.47. The van der Waals surface area contributed by atoms with Gasteiger partial charge in [-0.25, -0.2) is 0 Å². The molecule has 0 heterocycles. The zero-order valence-corrected chi connectivity index (χ0v) is 10.2. The number of hydrogen-bond donors (Lipinski definition) is 1. The minimum atomic E-state index is 0.325. The molecule has 1 unspecified atom stereocenters. The van der Waals surface area contributed by atoms with Gasteiger partial charge in [-0.15, -0.1) is 0 Å². The number of nitrogens with two attached hydrogens (primary N) is 1. The molecule has 0 aromatic heterocycles. The summed E-state index contributed by atoms with van der Waals surface area (Å²) in [4.78, 5) is 2.31. The average Bonchev–Trinajstić information content (AvgIpc) is 2.21. The van der Waals surface area contributed by atoms with E-state index in [-0.39, 0.29) is 0 Å². The summed E-state index contributed by atoms with van der Waals surface area (Å²) < 4.78 is 0. The highest BCUT2D eigenvalue weighted by atomic mass is 15.2. The van der Waals surface area contributed by atoms with E-state index in [0.717, 1.165) is 0 Å². The highest BCUT2D eigenvalue weighted by Crippen LogP contribution is 2.20. The molecule has 0 bridgehead atoms. The lowest BCUT2D eigenvalue weighted by atomic mass is 10.0. The summed E-state index contributed by atoms with van der Waals surface area (Å²) in [5.74, 6) is 0. The molecular formula is C13H22N2. The molecule has 0 amide bonds. The van der Waals surface area contributed by atoms with E-state index < -0.39 is 0 Å². The molecule has 0 aliphatic heterocycles. The molecule has 1 aromatic rings. The highest BCUT2D eigenvalue weighted by Gasteiger charge is 2.17. The van der Waals surface area contributed by atoms with Crippen molar-refractivity contribution in [2.24, 2.45) is 5.73 Å². The zero-order valence-electron chi connectivity index (χ0n) is 10.2. The molecule has 0 aliphatic carbocycles. The Morgan fingerprint density at radius 1 is 1.20 bits per heavy atom. The van der Waals surface area contributed by atoms with Crippen LogP contribution in [0.25, 0.3) is 0 Å². The molecule has 0 spiro atoms. The van der Waals surface area contributed by atoms with Gasteiger partial charge in [0.1, 0.15) is 0 Å². The summed E-state index contributed by atoms with van der Waals surface area (Å²) in [5, 5.41) is 0. The molecule has 0 radical (unpaired) electrons. The maximum Gasteiger partial charge on any atom is 0.0470 e. The van der Waals surface area contributed by atoms with Crippen molar-refractivity contribution in [3.63, 3.8) is 0 Å². The zero-order chi connectivity index (χ0) is 11.4. The second-order valence-corrected chi connectivity index (χ2v) is 4.42. The van der Waals surface area contributed by atoms with E-state index in [4.69, 9.17) is 5.73 Å². The number of likely N-dealkylation sites (N-methyl/N-ethyl adjacent to an activating group) is 1. The molecule has 1 rings (SSSR count). The summed E-state index contributed by atoms with van der Waals surface area (Å²) in [6.07, 6.45) is 0. The van der Waals surface area contributed by atoms with Crippen LogP contribution in [-0.4, -0.2) is 24.5 Å². The number of hydrogen-bond acceptors (Lipinski definition) is 2. The minimum absolute atomic E-state index is 0.325. The molecule has 0 aliphatic rings. The quantitative estimate of drug-likeness (QED) is 0.819. The lowest BCUT2D eigenvalue weighted by Gasteiger charge is -2.30. The third-order valence-electron chi connectivity index (χ3n) is 2.99. The largest absolute Gasteiger partial charge is 0.329 e. The van der Waals surface area contributed by atoms with E-state index >= 15 is 0 Å². The van der Waals surface area contributed by atoms with Crippen LogP contribution in [0.4, 0.5) is 0 Å². The molecule has 0 saturated carbocycles. The SMILES string of the molecule is Cc1ccc(C(CN)N(C)C(C)C)cc1. The van der Waals surface area contributed by atoms with Gasteiger partial charge >= 0.3 is 0 Å². The second-order valence-electron chi connectivity index (χ2n) is 4.42. The second kappa shape index (κ2) is 5.29. The van der Waals surface area contributed by atoms with Gasteiger partial charge in [-0.1, -0.05) is 29.8 Å². The first-order valence-electron chi connectivity index (χ1n) is 5.54. The standard InChI is InChI=1S/C13H22N2/c1-10(2)15(4)13(9-14)12-7-5-11(3)6-8-12/h5-8,10,13H,9,14H2,1-4H3. The van der Waals surface area contributed by atoms with E-state index in [0.29, 0.717) is 18.6 Å². The Morgan fingerprint density at radius 3 is 2.13 bits per heavy atom. The van der Waals surface area contributed by atoms with Crippen molar-refractivity contribution >= 4 is 0 Å². The number of benzene rings is 1. The van der Waals surface area contributed by atoms with Crippen LogP contribution in [0.5, 0.6) is 0 Å². The summed E-state index contributed by atoms with van der Waals surface area (Å²) >= 11 is 0. The Hall–Kier alpha value is -0.860. The van der Waals surface area contributed by atoms with Crippen molar-refractivity contribution in [3.8, 4) is 0 Å². The van der Waals surface area contributed by atoms with Crippen molar-refractivity contribution in [1.82, 2.24) is 4.90 Å². The third-order valence-corrected chi connectivity index (χ3v) is 2.99. The van der Waals surface area contributed by atoms with Crippen molar-refractivity contribution in [2.45, 2.75) is 32.9 Å². The van der Waals surface area contributed by atoms with Gasteiger partial charge in [0.05, 0.1) is 0 Å². The predicted octanol–water partition coefficient (Wildman–Crippen LogP) is 2.34. The first-order valence-corrected chi connectivity index (χ1v) is 5.54. The van der Waals surface area contributed by atoms with Crippen LogP contribution in [0.3, 0.4) is 0 Å². The first-order chi connectivity index (χ1) is 7.06. The summed E-state index contributed by atoms with van der Waals surface area (Å²) in [7, 11) is 2.13. The molecule has 1 aromatic carbocycles. The topological polar surface area (TPSA) is 29.3 Å². The van der Waals surface area contributed by atoms with Crippen LogP contribution in [0.2, 0.25) is 0 Å². The fraction of sp³-hybridized carbons (Fsp3) is 0.538. The number of rotatable bonds is 4. The molecule has 2 N–H and O–H groups in total. The highest BCUT2D eigenvalue weighted by molar-refractivity contribution is 5.24. The van der Waals surface area contributed by atoms with Gasteiger partial charge in [-0.2, -0.15) is 0 Å². The Balaban J connectivity index is 2.87. The molecule has 15 heavy (non-hydrogen) atoms. The number of nitrogens with zero attached hydrogens (tertiary/aromatic N) is 1. The van der Waals surface area contributed by atoms with Crippen molar-refractivity contribution < 1.29 is 0 Å². The van der Waals surface area contributed by atoms with E-state index in [1.807, 2.05) is 0 Å². The Labute approximate surface area is 93.1 Å². The molecule has 0 saturated heterocycles. The Morgan fingerprint density at radius 2 is 1.73 bits per heavy atom. The first kappa shape index (κ1) is 12.2. The van der Waals surface area contributed by atoms with E-state index in [9.17, 15) is 0 Å². The summed E-state index contributed by atoms with van der Waals surface area (Å²) in [5.41, 5.74) is 8.44. The van der Waals surface area contributed by atoms with Crippen LogP contribution in [0, 0.1) is 6.92 Å². The van der Waals surface area contributed by atoms with Crippen LogP contribution < -0.4 is 5.73 Å². The molecule has 1 atom stereocenters. The number of aryl methyl sites for hydroxylation is 1. The maximum atomic E-state index is 5.84. The van der Waals surface area contributed by atoms with E-state index in [1.165, 1.54) is 11.1 Å². The third kappa shape index (κ3) is 3.05. The molecule has 2 nitrogen and oxygen atoms in total. The monoisotopic (exact) mass is 206 g/mol. The van der Waals surface area contributed by atoms with Gasteiger partial charge in [-0.05, 0) is 33.4 Å². The molecular weight excluding hydrogens is 184 g/mol. The van der Waals surface area contributed by atoms with E-state index in [2.05, 4.69) is 57.0 Å². The average molecular weight is 206 g/mol. The van der Waals surface area contributed by atoms with Crippen LogP contribution in [0.15, 0.2) is 24.3 Å². The van der Waals surface area contributed by atoms with Crippen LogP contribution in [-0.2, 0) is 0 Å². The van der Waals surface area contributed by atoms with Gasteiger partial charge in [0.25, 0.3) is 0 Å². The van der Waals surface area contributed by atoms with Crippen molar-refractivity contribution in [1.29, 1.82) is 0 Å². The van der Waals surface area contributed by atoms with Crippen LogP contribution >= 0.6 is 0 Å². The smallest absolute Gasteiger partial charge is 0.0470 e. The van der Waals surface area contributed by atoms with Crippen molar-refractivity contribution in [2.75, 3.05) is 13.6 Å². The predicted molar refractivity (Wildman–Crippen MR) is 65.9 cm³/mol. The van der Waals surface area contributed by atoms with Gasteiger partial charge in [0.2, 0.25) is 0 Å². The minimum Gasteiger partial charge on any atom is -0.329 e. The van der Waals surface area contributed by atoms with Crippen molar-refractivity contribution in [3.05, 3.63) is 35.4 Å². The fourth-order valence-electron chi connectivity index (χ4n) is 1.69. The lowest BCUT2D eigenvalue weighted by Crippen LogP contribution is -2.35. The van der Waals surface area contributed by atoms with Gasteiger partial charge in [-0.3, -0.25) is 4.90 Å². The molecule has 2 heteroatoms. The fourth-order valence-corrected chi connectivity index (χ4v) is 1.69. The van der Waals surface area contributed by atoms with Gasteiger partial charge in [0, 0.05) is 18.6 Å². The lowest BCUT2D eigenvalue weighted by molar-refractivity contribution is 0.201. The van der Waals surface area contributed by atoms with Crippen LogP contribution in [0.1, 0.15) is 31.0 Å². The summed E-state index contributed by atoms with van der Waals surface area (Å²) in [6.45, 7) is 7.15. The normalized spacial score (nSPS) is 13.5. The maximum absolute atomic E-state index is 5.84. The van der Waals surface area contributed by atoms with Gasteiger partial charge in [0.15, 0.2) is 0 Å². The molecule has 84 valence electrons. The van der Waals surface area contributed by atoms with Gasteiger partial charge < -0.3 is 5.73 Å².